The van der Waals surface area contributed by atoms with Gasteiger partial charge in [-0.2, -0.15) is 5.26 Å². The SMILES string of the molecule is Cl.N#CCCCCNCc1cccnc1Cl. The van der Waals surface area contributed by atoms with Crippen molar-refractivity contribution in [2.75, 3.05) is 6.54 Å². The Kier molecular flexibility index (Phi) is 8.93. The van der Waals surface area contributed by atoms with E-state index in [1.54, 1.807) is 6.20 Å². The van der Waals surface area contributed by atoms with Gasteiger partial charge in [0.1, 0.15) is 5.15 Å². The minimum Gasteiger partial charge on any atom is -0.313 e. The van der Waals surface area contributed by atoms with Crippen LogP contribution in [0.5, 0.6) is 0 Å². The summed E-state index contributed by atoms with van der Waals surface area (Å²) >= 11 is 5.89. The van der Waals surface area contributed by atoms with Crippen LogP contribution in [0, 0.1) is 11.3 Å². The highest BCUT2D eigenvalue weighted by Crippen LogP contribution is 2.10. The van der Waals surface area contributed by atoms with E-state index in [1.807, 2.05) is 12.1 Å². The van der Waals surface area contributed by atoms with Gasteiger partial charge < -0.3 is 5.32 Å². The monoisotopic (exact) mass is 259 g/mol. The fourth-order valence-corrected chi connectivity index (χ4v) is 1.41. The third-order valence-corrected chi connectivity index (χ3v) is 2.38. The van der Waals surface area contributed by atoms with Crippen LogP contribution in [0.25, 0.3) is 0 Å². The molecular weight excluding hydrogens is 245 g/mol. The summed E-state index contributed by atoms with van der Waals surface area (Å²) in [6.07, 6.45) is 4.28. The van der Waals surface area contributed by atoms with Gasteiger partial charge in [-0.25, -0.2) is 4.98 Å². The molecule has 0 bridgehead atoms. The highest BCUT2D eigenvalue weighted by molar-refractivity contribution is 6.30. The van der Waals surface area contributed by atoms with Crippen molar-refractivity contribution < 1.29 is 0 Å². The number of aromatic nitrogens is 1. The molecule has 0 aliphatic carbocycles. The van der Waals surface area contributed by atoms with Crippen LogP contribution < -0.4 is 5.32 Å². The molecule has 0 amide bonds. The van der Waals surface area contributed by atoms with Crippen molar-refractivity contribution in [1.29, 1.82) is 5.26 Å². The maximum absolute atomic E-state index is 8.34. The Bertz CT molecular complexity index is 336. The van der Waals surface area contributed by atoms with Crippen LogP contribution in [0.1, 0.15) is 24.8 Å². The lowest BCUT2D eigenvalue weighted by atomic mass is 10.2. The number of hydrogen-bond acceptors (Lipinski definition) is 3. The molecular formula is C11H15Cl2N3. The van der Waals surface area contributed by atoms with Crippen LogP contribution in [0.15, 0.2) is 18.3 Å². The van der Waals surface area contributed by atoms with Crippen molar-refractivity contribution in [3.8, 4) is 6.07 Å². The third kappa shape index (κ3) is 5.92. The van der Waals surface area contributed by atoms with Gasteiger partial charge in [0.25, 0.3) is 0 Å². The molecule has 5 heteroatoms. The van der Waals surface area contributed by atoms with Crippen molar-refractivity contribution in [2.24, 2.45) is 0 Å². The van der Waals surface area contributed by atoms with Gasteiger partial charge in [-0.15, -0.1) is 12.4 Å². The minimum absolute atomic E-state index is 0. The lowest BCUT2D eigenvalue weighted by Gasteiger charge is -2.04. The molecule has 1 rings (SSSR count). The van der Waals surface area contributed by atoms with Crippen molar-refractivity contribution in [3.63, 3.8) is 0 Å². The van der Waals surface area contributed by atoms with Crippen LogP contribution in [-0.2, 0) is 6.54 Å². The predicted molar refractivity (Wildman–Crippen MR) is 67.7 cm³/mol. The van der Waals surface area contributed by atoms with E-state index in [2.05, 4.69) is 16.4 Å². The smallest absolute Gasteiger partial charge is 0.133 e. The average molecular weight is 260 g/mol. The summed E-state index contributed by atoms with van der Waals surface area (Å²) in [4.78, 5) is 3.99. The predicted octanol–water partition coefficient (Wildman–Crippen LogP) is 2.94. The molecule has 0 unspecified atom stereocenters. The van der Waals surface area contributed by atoms with E-state index in [-0.39, 0.29) is 12.4 Å². The molecule has 0 atom stereocenters. The van der Waals surface area contributed by atoms with Crippen molar-refractivity contribution in [3.05, 3.63) is 29.0 Å². The van der Waals surface area contributed by atoms with Crippen LogP contribution in [0.4, 0.5) is 0 Å². The summed E-state index contributed by atoms with van der Waals surface area (Å²) in [5.74, 6) is 0. The number of nitrogens with one attached hydrogen (secondary N) is 1. The first-order chi connectivity index (χ1) is 7.34. The van der Waals surface area contributed by atoms with Gasteiger partial charge in [-0.05, 0) is 25.5 Å². The second-order valence-corrected chi connectivity index (χ2v) is 3.60. The lowest BCUT2D eigenvalue weighted by molar-refractivity contribution is 0.628. The van der Waals surface area contributed by atoms with E-state index in [0.717, 1.165) is 31.5 Å². The summed E-state index contributed by atoms with van der Waals surface area (Å²) in [6.45, 7) is 1.64. The molecule has 0 saturated carbocycles. The number of unbranched alkanes of at least 4 members (excludes halogenated alkanes) is 2. The van der Waals surface area contributed by atoms with Gasteiger partial charge in [0.15, 0.2) is 0 Å². The molecule has 0 aliphatic rings. The summed E-state index contributed by atoms with van der Waals surface area (Å²) in [5, 5.41) is 12.2. The van der Waals surface area contributed by atoms with Gasteiger partial charge in [-0.1, -0.05) is 17.7 Å². The first-order valence-electron chi connectivity index (χ1n) is 5.01. The zero-order valence-corrected chi connectivity index (χ0v) is 10.5. The molecule has 1 N–H and O–H groups in total. The van der Waals surface area contributed by atoms with Crippen LogP contribution >= 0.6 is 24.0 Å². The first-order valence-corrected chi connectivity index (χ1v) is 5.39. The number of nitriles is 1. The maximum atomic E-state index is 8.34. The molecule has 0 radical (unpaired) electrons. The third-order valence-electron chi connectivity index (χ3n) is 2.04. The van der Waals surface area contributed by atoms with Crippen LogP contribution in [0.3, 0.4) is 0 Å². The molecule has 0 aliphatic heterocycles. The van der Waals surface area contributed by atoms with Crippen molar-refractivity contribution in [2.45, 2.75) is 25.8 Å². The number of hydrogen-bond donors (Lipinski definition) is 1. The fraction of sp³-hybridized carbons (Fsp3) is 0.455. The Morgan fingerprint density at radius 1 is 1.44 bits per heavy atom. The summed E-state index contributed by atoms with van der Waals surface area (Å²) in [7, 11) is 0. The Morgan fingerprint density at radius 2 is 2.25 bits per heavy atom. The van der Waals surface area contributed by atoms with Gasteiger partial charge in [0.2, 0.25) is 0 Å². The maximum Gasteiger partial charge on any atom is 0.133 e. The zero-order chi connectivity index (χ0) is 10.9. The highest BCUT2D eigenvalue weighted by atomic mass is 35.5. The van der Waals surface area contributed by atoms with Gasteiger partial charge in [0.05, 0.1) is 6.07 Å². The largest absolute Gasteiger partial charge is 0.313 e. The van der Waals surface area contributed by atoms with E-state index in [1.165, 1.54) is 0 Å². The number of pyridine rings is 1. The zero-order valence-electron chi connectivity index (χ0n) is 8.95. The fourth-order valence-electron chi connectivity index (χ4n) is 1.23. The van der Waals surface area contributed by atoms with E-state index < -0.39 is 0 Å². The number of halogens is 2. The van der Waals surface area contributed by atoms with Crippen LogP contribution in [-0.4, -0.2) is 11.5 Å². The molecule has 16 heavy (non-hydrogen) atoms. The molecule has 0 spiro atoms. The molecule has 0 saturated heterocycles. The molecule has 88 valence electrons. The van der Waals surface area contributed by atoms with E-state index >= 15 is 0 Å². The van der Waals surface area contributed by atoms with Crippen molar-refractivity contribution >= 4 is 24.0 Å². The highest BCUT2D eigenvalue weighted by Gasteiger charge is 1.98. The lowest BCUT2D eigenvalue weighted by Crippen LogP contribution is -2.15. The molecule has 3 nitrogen and oxygen atoms in total. The summed E-state index contributed by atoms with van der Waals surface area (Å²) in [6, 6.07) is 5.96. The van der Waals surface area contributed by atoms with E-state index in [0.29, 0.717) is 11.6 Å². The van der Waals surface area contributed by atoms with Crippen LogP contribution in [0.2, 0.25) is 5.15 Å². The Balaban J connectivity index is 0.00000225. The van der Waals surface area contributed by atoms with Gasteiger partial charge in [0, 0.05) is 24.7 Å². The topological polar surface area (TPSA) is 48.7 Å². The van der Waals surface area contributed by atoms with Gasteiger partial charge in [-0.3, -0.25) is 0 Å². The normalized spacial score (nSPS) is 9.25. The molecule has 0 aromatic carbocycles. The molecule has 1 aromatic rings. The van der Waals surface area contributed by atoms with E-state index in [4.69, 9.17) is 16.9 Å². The van der Waals surface area contributed by atoms with Gasteiger partial charge >= 0.3 is 0 Å². The molecule has 1 heterocycles. The van der Waals surface area contributed by atoms with E-state index in [9.17, 15) is 0 Å². The second-order valence-electron chi connectivity index (χ2n) is 3.25. The number of nitrogens with zero attached hydrogens (tertiary/aromatic N) is 2. The first kappa shape index (κ1) is 15.2. The van der Waals surface area contributed by atoms with Crippen molar-refractivity contribution in [1.82, 2.24) is 10.3 Å². The minimum atomic E-state index is 0. The summed E-state index contributed by atoms with van der Waals surface area (Å²) in [5.41, 5.74) is 1.01. The standard InChI is InChI=1S/C11H14ClN3.ClH/c12-11-10(5-4-8-15-11)9-14-7-3-1-2-6-13;/h4-5,8,14H,1-3,7,9H2;1H. The molecule has 1 aromatic heterocycles. The number of rotatable bonds is 6. The second kappa shape index (κ2) is 9.41. The summed E-state index contributed by atoms with van der Waals surface area (Å²) < 4.78 is 0. The Hall–Kier alpha value is -0.820. The Labute approximate surface area is 107 Å². The average Bonchev–Trinajstić information content (AvgIpc) is 2.25. The molecule has 0 fully saturated rings. The quantitative estimate of drug-likeness (QED) is 0.632. The Morgan fingerprint density at radius 3 is 2.94 bits per heavy atom.